The number of halogens is 4. The largest absolute Gasteiger partial charge is 0.281 e. The molecule has 0 aromatic carbocycles. The van der Waals surface area contributed by atoms with Crippen LogP contribution in [-0.2, 0) is 0 Å². The molecule has 5 heteroatoms. The molecule has 0 aliphatic rings. The standard InChI is InChI=1S/C6H3BrF2IN/c7-3-1-4(10)5(6(8)9)11-2-3/h1-2,6H. The van der Waals surface area contributed by atoms with E-state index in [2.05, 4.69) is 20.9 Å². The van der Waals surface area contributed by atoms with Crippen molar-refractivity contribution in [2.45, 2.75) is 6.43 Å². The summed E-state index contributed by atoms with van der Waals surface area (Å²) in [6, 6.07) is 1.61. The summed E-state index contributed by atoms with van der Waals surface area (Å²) in [7, 11) is 0. The van der Waals surface area contributed by atoms with Gasteiger partial charge in [-0.1, -0.05) is 0 Å². The summed E-state index contributed by atoms with van der Waals surface area (Å²) < 4.78 is 25.3. The minimum Gasteiger partial charge on any atom is -0.253 e. The Hall–Kier alpha value is 0.220. The molecule has 0 aliphatic carbocycles. The SMILES string of the molecule is FC(F)c1ncc(Br)cc1I. The first-order valence-corrected chi connectivity index (χ1v) is 4.57. The van der Waals surface area contributed by atoms with Gasteiger partial charge in [-0.25, -0.2) is 8.78 Å². The van der Waals surface area contributed by atoms with Crippen molar-refractivity contribution in [1.82, 2.24) is 4.98 Å². The van der Waals surface area contributed by atoms with E-state index in [4.69, 9.17) is 0 Å². The average Bonchev–Trinajstić information content (AvgIpc) is 1.85. The fraction of sp³-hybridized carbons (Fsp3) is 0.167. The lowest BCUT2D eigenvalue weighted by atomic mass is 10.4. The molecule has 1 rings (SSSR count). The van der Waals surface area contributed by atoms with Crippen molar-refractivity contribution >= 4 is 38.5 Å². The molecular weight excluding hydrogens is 331 g/mol. The number of hydrogen-bond acceptors (Lipinski definition) is 1. The number of nitrogens with zero attached hydrogens (tertiary/aromatic N) is 1. The normalized spacial score (nSPS) is 10.6. The van der Waals surface area contributed by atoms with Crippen LogP contribution in [0.25, 0.3) is 0 Å². The quantitative estimate of drug-likeness (QED) is 0.718. The minimum absolute atomic E-state index is 0.159. The third kappa shape index (κ3) is 2.33. The Morgan fingerprint density at radius 3 is 2.64 bits per heavy atom. The van der Waals surface area contributed by atoms with Gasteiger partial charge in [0.15, 0.2) is 0 Å². The number of aromatic nitrogens is 1. The van der Waals surface area contributed by atoms with Crippen molar-refractivity contribution < 1.29 is 8.78 Å². The van der Waals surface area contributed by atoms with Crippen molar-refractivity contribution in [3.05, 3.63) is 26.0 Å². The van der Waals surface area contributed by atoms with E-state index in [0.717, 1.165) is 0 Å². The predicted molar refractivity (Wildman–Crippen MR) is 49.6 cm³/mol. The Kier molecular flexibility index (Phi) is 3.17. The van der Waals surface area contributed by atoms with Crippen LogP contribution in [0.15, 0.2) is 16.7 Å². The summed E-state index contributed by atoms with van der Waals surface area (Å²) in [5.74, 6) is 0. The van der Waals surface area contributed by atoms with Crippen LogP contribution in [0.5, 0.6) is 0 Å². The van der Waals surface area contributed by atoms with Gasteiger partial charge >= 0.3 is 0 Å². The lowest BCUT2D eigenvalue weighted by molar-refractivity contribution is 0.145. The molecule has 0 saturated heterocycles. The third-order valence-corrected chi connectivity index (χ3v) is 2.34. The van der Waals surface area contributed by atoms with Crippen molar-refractivity contribution in [3.8, 4) is 0 Å². The van der Waals surface area contributed by atoms with Gasteiger partial charge in [0.05, 0.1) is 0 Å². The molecule has 0 fully saturated rings. The second kappa shape index (κ2) is 3.75. The van der Waals surface area contributed by atoms with Crippen molar-refractivity contribution in [3.63, 3.8) is 0 Å². The average molecular weight is 334 g/mol. The summed E-state index contributed by atoms with van der Waals surface area (Å²) in [5, 5.41) is 0. The van der Waals surface area contributed by atoms with Crippen molar-refractivity contribution in [1.29, 1.82) is 0 Å². The van der Waals surface area contributed by atoms with Gasteiger partial charge < -0.3 is 0 Å². The highest BCUT2D eigenvalue weighted by Crippen LogP contribution is 2.24. The Morgan fingerprint density at radius 2 is 2.18 bits per heavy atom. The Bertz CT molecular complexity index is 267. The van der Waals surface area contributed by atoms with Crippen LogP contribution < -0.4 is 0 Å². The number of alkyl halides is 2. The van der Waals surface area contributed by atoms with Gasteiger partial charge in [0.1, 0.15) is 5.69 Å². The highest BCUT2D eigenvalue weighted by molar-refractivity contribution is 14.1. The molecular formula is C6H3BrF2IN. The molecule has 0 spiro atoms. The van der Waals surface area contributed by atoms with Crippen LogP contribution in [0.2, 0.25) is 0 Å². The van der Waals surface area contributed by atoms with Crippen LogP contribution in [0.3, 0.4) is 0 Å². The Balaban J connectivity index is 3.09. The highest BCUT2D eigenvalue weighted by atomic mass is 127. The fourth-order valence-electron chi connectivity index (χ4n) is 0.586. The second-order valence-electron chi connectivity index (χ2n) is 1.82. The molecule has 1 heterocycles. The first-order chi connectivity index (χ1) is 5.11. The van der Waals surface area contributed by atoms with E-state index in [9.17, 15) is 8.78 Å². The lowest BCUT2D eigenvalue weighted by Gasteiger charge is -2.00. The minimum atomic E-state index is -2.49. The van der Waals surface area contributed by atoms with Crippen LogP contribution in [0.1, 0.15) is 12.1 Å². The topological polar surface area (TPSA) is 12.9 Å². The Morgan fingerprint density at radius 1 is 1.55 bits per heavy atom. The smallest absolute Gasteiger partial charge is 0.253 e. The zero-order chi connectivity index (χ0) is 8.43. The molecule has 60 valence electrons. The lowest BCUT2D eigenvalue weighted by Crippen LogP contribution is -1.93. The van der Waals surface area contributed by atoms with Gasteiger partial charge in [-0.3, -0.25) is 4.98 Å². The van der Waals surface area contributed by atoms with Crippen LogP contribution >= 0.6 is 38.5 Å². The van der Waals surface area contributed by atoms with Gasteiger partial charge in [0, 0.05) is 14.2 Å². The van der Waals surface area contributed by atoms with Crippen LogP contribution in [-0.4, -0.2) is 4.98 Å². The van der Waals surface area contributed by atoms with E-state index in [1.807, 2.05) is 22.6 Å². The van der Waals surface area contributed by atoms with E-state index in [0.29, 0.717) is 8.04 Å². The molecule has 0 aliphatic heterocycles. The summed E-state index contributed by atoms with van der Waals surface area (Å²) in [6.07, 6.45) is -1.13. The molecule has 0 radical (unpaired) electrons. The zero-order valence-corrected chi connectivity index (χ0v) is 8.93. The monoisotopic (exact) mass is 333 g/mol. The molecule has 1 aromatic rings. The maximum Gasteiger partial charge on any atom is 0.281 e. The van der Waals surface area contributed by atoms with E-state index in [1.165, 1.54) is 6.20 Å². The zero-order valence-electron chi connectivity index (χ0n) is 5.19. The summed E-state index contributed by atoms with van der Waals surface area (Å²) in [6.45, 7) is 0. The molecule has 1 nitrogen and oxygen atoms in total. The van der Waals surface area contributed by atoms with Crippen molar-refractivity contribution in [2.75, 3.05) is 0 Å². The molecule has 0 bridgehead atoms. The van der Waals surface area contributed by atoms with Crippen LogP contribution in [0, 0.1) is 3.57 Å². The van der Waals surface area contributed by atoms with E-state index >= 15 is 0 Å². The number of rotatable bonds is 1. The number of pyridine rings is 1. The first kappa shape index (κ1) is 9.31. The fourth-order valence-corrected chi connectivity index (χ4v) is 2.06. The third-order valence-electron chi connectivity index (χ3n) is 1.04. The second-order valence-corrected chi connectivity index (χ2v) is 3.90. The maximum atomic E-state index is 12.1. The summed E-state index contributed by atoms with van der Waals surface area (Å²) >= 11 is 4.96. The van der Waals surface area contributed by atoms with E-state index < -0.39 is 6.43 Å². The van der Waals surface area contributed by atoms with E-state index in [-0.39, 0.29) is 5.69 Å². The van der Waals surface area contributed by atoms with Gasteiger partial charge in [-0.05, 0) is 44.6 Å². The molecule has 0 saturated carbocycles. The predicted octanol–water partition coefficient (Wildman–Crippen LogP) is 3.39. The molecule has 11 heavy (non-hydrogen) atoms. The van der Waals surface area contributed by atoms with Gasteiger partial charge in [-0.15, -0.1) is 0 Å². The van der Waals surface area contributed by atoms with Gasteiger partial charge in [0.2, 0.25) is 0 Å². The first-order valence-electron chi connectivity index (χ1n) is 2.70. The Labute approximate surface area is 84.5 Å². The molecule has 0 N–H and O–H groups in total. The van der Waals surface area contributed by atoms with Crippen molar-refractivity contribution in [2.24, 2.45) is 0 Å². The molecule has 0 amide bonds. The summed E-state index contributed by atoms with van der Waals surface area (Å²) in [5.41, 5.74) is -0.159. The van der Waals surface area contributed by atoms with E-state index in [1.54, 1.807) is 6.07 Å². The van der Waals surface area contributed by atoms with Crippen LogP contribution in [0.4, 0.5) is 8.78 Å². The van der Waals surface area contributed by atoms with Gasteiger partial charge in [-0.2, -0.15) is 0 Å². The summed E-state index contributed by atoms with van der Waals surface area (Å²) in [4.78, 5) is 3.57. The molecule has 0 atom stereocenters. The number of hydrogen-bond donors (Lipinski definition) is 0. The van der Waals surface area contributed by atoms with Gasteiger partial charge in [0.25, 0.3) is 6.43 Å². The molecule has 0 unspecified atom stereocenters. The maximum absolute atomic E-state index is 12.1. The highest BCUT2D eigenvalue weighted by Gasteiger charge is 2.12. The molecule has 1 aromatic heterocycles.